The Hall–Kier alpha value is -2.18. The molecule has 2 atom stereocenters. The fourth-order valence-corrected chi connectivity index (χ4v) is 3.66. The van der Waals surface area contributed by atoms with Crippen molar-refractivity contribution in [3.05, 3.63) is 47.2 Å². The fraction of sp³-hybridized carbons (Fsp3) is 0.474. The molecule has 132 valence electrons. The van der Waals surface area contributed by atoms with E-state index < -0.39 is 6.10 Å². The average molecular weight is 341 g/mol. The molecule has 6 nitrogen and oxygen atoms in total. The average Bonchev–Trinajstić information content (AvgIpc) is 3.02. The number of anilines is 1. The van der Waals surface area contributed by atoms with Gasteiger partial charge in [0.25, 0.3) is 5.91 Å². The van der Waals surface area contributed by atoms with Gasteiger partial charge in [-0.2, -0.15) is 5.10 Å². The summed E-state index contributed by atoms with van der Waals surface area (Å²) in [7, 11) is 0. The van der Waals surface area contributed by atoms with Crippen LogP contribution in [0.3, 0.4) is 0 Å². The van der Waals surface area contributed by atoms with Gasteiger partial charge in [0.15, 0.2) is 6.10 Å². The van der Waals surface area contributed by atoms with E-state index in [4.69, 9.17) is 9.47 Å². The molecule has 0 spiro atoms. The van der Waals surface area contributed by atoms with E-state index in [1.165, 1.54) is 11.1 Å². The zero-order valence-electron chi connectivity index (χ0n) is 14.4. The number of aromatic nitrogens is 2. The summed E-state index contributed by atoms with van der Waals surface area (Å²) in [5.41, 5.74) is 3.62. The SMILES string of the molecule is Cc1cnn([C@H]2CCCc3ccccc32)c1NC(=O)[C@H]1COCCO1. The molecule has 25 heavy (non-hydrogen) atoms. The number of rotatable bonds is 3. The second-order valence-corrected chi connectivity index (χ2v) is 6.65. The minimum Gasteiger partial charge on any atom is -0.376 e. The molecular weight excluding hydrogens is 318 g/mol. The Bertz CT molecular complexity index is 765. The minimum absolute atomic E-state index is 0.150. The third kappa shape index (κ3) is 3.19. The monoisotopic (exact) mass is 341 g/mol. The van der Waals surface area contributed by atoms with Crippen molar-refractivity contribution in [2.75, 3.05) is 25.1 Å². The Kier molecular flexibility index (Phi) is 4.55. The summed E-state index contributed by atoms with van der Waals surface area (Å²) in [4.78, 5) is 12.5. The van der Waals surface area contributed by atoms with Gasteiger partial charge in [-0.1, -0.05) is 24.3 Å². The Morgan fingerprint density at radius 2 is 2.20 bits per heavy atom. The Balaban J connectivity index is 1.61. The second kappa shape index (κ2) is 6.98. The van der Waals surface area contributed by atoms with E-state index in [-0.39, 0.29) is 11.9 Å². The normalized spacial score (nSPS) is 23.1. The molecule has 1 amide bonds. The summed E-state index contributed by atoms with van der Waals surface area (Å²) >= 11 is 0. The first-order valence-corrected chi connectivity index (χ1v) is 8.86. The quantitative estimate of drug-likeness (QED) is 0.931. The van der Waals surface area contributed by atoms with Crippen molar-refractivity contribution in [2.45, 2.75) is 38.3 Å². The summed E-state index contributed by atoms with van der Waals surface area (Å²) in [6, 6.07) is 8.65. The topological polar surface area (TPSA) is 65.4 Å². The number of aryl methyl sites for hydroxylation is 2. The lowest BCUT2D eigenvalue weighted by molar-refractivity contribution is -0.142. The summed E-state index contributed by atoms with van der Waals surface area (Å²) in [5.74, 6) is 0.578. The van der Waals surface area contributed by atoms with E-state index in [1.807, 2.05) is 17.8 Å². The molecule has 0 radical (unpaired) electrons. The van der Waals surface area contributed by atoms with Crippen molar-refractivity contribution in [1.82, 2.24) is 9.78 Å². The summed E-state index contributed by atoms with van der Waals surface area (Å²) in [6.45, 7) is 3.25. The predicted molar refractivity (Wildman–Crippen MR) is 93.7 cm³/mol. The first kappa shape index (κ1) is 16.3. The van der Waals surface area contributed by atoms with E-state index in [2.05, 4.69) is 34.7 Å². The number of hydrogen-bond acceptors (Lipinski definition) is 4. The molecule has 1 N–H and O–H groups in total. The highest BCUT2D eigenvalue weighted by Crippen LogP contribution is 2.35. The molecule has 6 heteroatoms. The van der Waals surface area contributed by atoms with Gasteiger partial charge >= 0.3 is 0 Å². The van der Waals surface area contributed by atoms with Gasteiger partial charge in [0.1, 0.15) is 5.82 Å². The van der Waals surface area contributed by atoms with Crippen LogP contribution in [0.2, 0.25) is 0 Å². The first-order chi connectivity index (χ1) is 12.2. The molecule has 1 aromatic carbocycles. The van der Waals surface area contributed by atoms with Crippen LogP contribution in [0.4, 0.5) is 5.82 Å². The van der Waals surface area contributed by atoms with Crippen molar-refractivity contribution in [3.8, 4) is 0 Å². The number of carbonyl (C=O) groups is 1. The number of carbonyl (C=O) groups excluding carboxylic acids is 1. The first-order valence-electron chi connectivity index (χ1n) is 8.86. The van der Waals surface area contributed by atoms with E-state index in [0.717, 1.165) is 30.6 Å². The van der Waals surface area contributed by atoms with Gasteiger partial charge in [0.2, 0.25) is 0 Å². The number of ether oxygens (including phenoxy) is 2. The van der Waals surface area contributed by atoms with Crippen LogP contribution in [0.15, 0.2) is 30.5 Å². The van der Waals surface area contributed by atoms with Crippen molar-refractivity contribution >= 4 is 11.7 Å². The molecule has 0 unspecified atom stereocenters. The van der Waals surface area contributed by atoms with Crippen LogP contribution in [0, 0.1) is 6.92 Å². The van der Waals surface area contributed by atoms with Crippen LogP contribution in [-0.4, -0.2) is 41.6 Å². The third-order valence-electron chi connectivity index (χ3n) is 4.96. The smallest absolute Gasteiger partial charge is 0.257 e. The summed E-state index contributed by atoms with van der Waals surface area (Å²) < 4.78 is 12.8. The Labute approximate surface area is 147 Å². The lowest BCUT2D eigenvalue weighted by atomic mass is 9.88. The van der Waals surface area contributed by atoms with Gasteiger partial charge in [-0.3, -0.25) is 4.79 Å². The molecule has 1 saturated heterocycles. The third-order valence-corrected chi connectivity index (χ3v) is 4.96. The summed E-state index contributed by atoms with van der Waals surface area (Å²) in [6.07, 6.45) is 4.49. The highest BCUT2D eigenvalue weighted by atomic mass is 16.6. The Morgan fingerprint density at radius 3 is 3.04 bits per heavy atom. The maximum absolute atomic E-state index is 12.5. The van der Waals surface area contributed by atoms with Crippen LogP contribution >= 0.6 is 0 Å². The summed E-state index contributed by atoms with van der Waals surface area (Å²) in [5, 5.41) is 7.58. The van der Waals surface area contributed by atoms with Gasteiger partial charge in [-0.05, 0) is 37.3 Å². The number of benzene rings is 1. The van der Waals surface area contributed by atoms with Crippen LogP contribution < -0.4 is 5.32 Å². The van der Waals surface area contributed by atoms with Crippen LogP contribution in [-0.2, 0) is 20.7 Å². The number of fused-ring (bicyclic) bond motifs is 1. The standard InChI is InChI=1S/C19H23N3O3/c1-13-11-20-22(16-8-4-6-14-5-2-3-7-15(14)16)18(13)21-19(23)17-12-24-9-10-25-17/h2-3,5,7,11,16-17H,4,6,8-10,12H2,1H3,(H,21,23)/t16-,17+/m0/s1. The maximum Gasteiger partial charge on any atom is 0.257 e. The van der Waals surface area contributed by atoms with Crippen LogP contribution in [0.25, 0.3) is 0 Å². The lowest BCUT2D eigenvalue weighted by Gasteiger charge is -2.28. The minimum atomic E-state index is -0.560. The molecule has 2 heterocycles. The highest BCUT2D eigenvalue weighted by Gasteiger charge is 2.28. The van der Waals surface area contributed by atoms with E-state index >= 15 is 0 Å². The van der Waals surface area contributed by atoms with Gasteiger partial charge < -0.3 is 14.8 Å². The highest BCUT2D eigenvalue weighted by molar-refractivity contribution is 5.94. The van der Waals surface area contributed by atoms with Crippen molar-refractivity contribution < 1.29 is 14.3 Å². The number of hydrogen-bond donors (Lipinski definition) is 1. The van der Waals surface area contributed by atoms with Crippen molar-refractivity contribution in [3.63, 3.8) is 0 Å². The molecule has 4 rings (SSSR count). The zero-order valence-corrected chi connectivity index (χ0v) is 14.4. The number of nitrogens with one attached hydrogen (secondary N) is 1. The molecule has 0 bridgehead atoms. The second-order valence-electron chi connectivity index (χ2n) is 6.65. The number of nitrogens with zero attached hydrogens (tertiary/aromatic N) is 2. The lowest BCUT2D eigenvalue weighted by Crippen LogP contribution is -2.39. The fourth-order valence-electron chi connectivity index (χ4n) is 3.66. The molecule has 1 fully saturated rings. The largest absolute Gasteiger partial charge is 0.376 e. The van der Waals surface area contributed by atoms with Crippen molar-refractivity contribution in [2.24, 2.45) is 0 Å². The predicted octanol–water partition coefficient (Wildman–Crippen LogP) is 2.47. The molecule has 1 aliphatic carbocycles. The van der Waals surface area contributed by atoms with E-state index in [0.29, 0.717) is 19.8 Å². The Morgan fingerprint density at radius 1 is 1.32 bits per heavy atom. The van der Waals surface area contributed by atoms with Gasteiger partial charge in [0, 0.05) is 5.56 Å². The van der Waals surface area contributed by atoms with Gasteiger partial charge in [0.05, 0.1) is 32.1 Å². The maximum atomic E-state index is 12.5. The molecule has 1 aliphatic heterocycles. The van der Waals surface area contributed by atoms with E-state index in [9.17, 15) is 4.79 Å². The molecular formula is C19H23N3O3. The molecule has 2 aliphatic rings. The zero-order chi connectivity index (χ0) is 17.2. The van der Waals surface area contributed by atoms with Crippen molar-refractivity contribution in [1.29, 1.82) is 0 Å². The van der Waals surface area contributed by atoms with Crippen LogP contribution in [0.5, 0.6) is 0 Å². The van der Waals surface area contributed by atoms with E-state index in [1.54, 1.807) is 0 Å². The molecule has 1 aromatic heterocycles. The molecule has 2 aromatic rings. The van der Waals surface area contributed by atoms with Crippen LogP contribution in [0.1, 0.15) is 35.6 Å². The van der Waals surface area contributed by atoms with Gasteiger partial charge in [-0.25, -0.2) is 4.68 Å². The van der Waals surface area contributed by atoms with Gasteiger partial charge in [-0.15, -0.1) is 0 Å². The molecule has 0 saturated carbocycles. The number of amides is 1.